The van der Waals surface area contributed by atoms with E-state index in [2.05, 4.69) is 5.32 Å². The second-order valence-corrected chi connectivity index (χ2v) is 5.60. The first-order chi connectivity index (χ1) is 9.22. The van der Waals surface area contributed by atoms with Crippen molar-refractivity contribution < 1.29 is 8.78 Å². The molecule has 2 unspecified atom stereocenters. The van der Waals surface area contributed by atoms with Gasteiger partial charge in [0, 0.05) is 18.0 Å². The standard InChI is InChI=1S/C15H20ClF2N/c16-8-11-4-1-2-5-12(11)9-19-10-13-14(17)6-3-7-15(13)18/h3,6-7,11-12,19H,1-2,4-5,8-10H2. The van der Waals surface area contributed by atoms with Crippen molar-refractivity contribution in [3.63, 3.8) is 0 Å². The zero-order valence-electron chi connectivity index (χ0n) is 11.0. The van der Waals surface area contributed by atoms with Crippen molar-refractivity contribution in [2.75, 3.05) is 12.4 Å². The highest BCUT2D eigenvalue weighted by Gasteiger charge is 2.24. The Hall–Kier alpha value is -0.670. The lowest BCUT2D eigenvalue weighted by Crippen LogP contribution is -2.31. The molecule has 1 aliphatic rings. The molecule has 1 saturated carbocycles. The largest absolute Gasteiger partial charge is 0.312 e. The molecule has 1 fully saturated rings. The molecule has 1 aliphatic carbocycles. The molecular weight excluding hydrogens is 268 g/mol. The van der Waals surface area contributed by atoms with Crippen LogP contribution in [-0.2, 0) is 6.54 Å². The molecule has 2 atom stereocenters. The minimum Gasteiger partial charge on any atom is -0.312 e. The van der Waals surface area contributed by atoms with Crippen LogP contribution >= 0.6 is 11.6 Å². The van der Waals surface area contributed by atoms with Gasteiger partial charge in [0.15, 0.2) is 0 Å². The second kappa shape index (κ2) is 7.20. The van der Waals surface area contributed by atoms with Crippen LogP contribution in [0.2, 0.25) is 0 Å². The molecule has 0 bridgehead atoms. The first-order valence-electron chi connectivity index (χ1n) is 6.92. The number of nitrogens with one attached hydrogen (secondary N) is 1. The zero-order valence-corrected chi connectivity index (χ0v) is 11.7. The van der Waals surface area contributed by atoms with E-state index in [1.165, 1.54) is 37.5 Å². The van der Waals surface area contributed by atoms with Crippen LogP contribution in [0, 0.1) is 23.5 Å². The molecule has 1 aromatic rings. The summed E-state index contributed by atoms with van der Waals surface area (Å²) < 4.78 is 26.9. The molecule has 4 heteroatoms. The van der Waals surface area contributed by atoms with E-state index in [0.717, 1.165) is 13.0 Å². The summed E-state index contributed by atoms with van der Waals surface area (Å²) in [5.41, 5.74) is 0.126. The number of hydrogen-bond donors (Lipinski definition) is 1. The summed E-state index contributed by atoms with van der Waals surface area (Å²) in [5.74, 6) is 0.782. The van der Waals surface area contributed by atoms with Crippen LogP contribution in [0.15, 0.2) is 18.2 Å². The van der Waals surface area contributed by atoms with Crippen LogP contribution in [-0.4, -0.2) is 12.4 Å². The summed E-state index contributed by atoms with van der Waals surface area (Å²) in [6.07, 6.45) is 4.80. The highest BCUT2D eigenvalue weighted by atomic mass is 35.5. The number of halogens is 3. The maximum absolute atomic E-state index is 13.5. The van der Waals surface area contributed by atoms with Crippen molar-refractivity contribution in [1.82, 2.24) is 5.32 Å². The van der Waals surface area contributed by atoms with Crippen molar-refractivity contribution in [2.24, 2.45) is 11.8 Å². The third-order valence-electron chi connectivity index (χ3n) is 4.03. The summed E-state index contributed by atoms with van der Waals surface area (Å²) in [7, 11) is 0. The summed E-state index contributed by atoms with van der Waals surface area (Å²) in [4.78, 5) is 0. The first-order valence-corrected chi connectivity index (χ1v) is 7.45. The van der Waals surface area contributed by atoms with Crippen LogP contribution in [0.25, 0.3) is 0 Å². The van der Waals surface area contributed by atoms with E-state index in [9.17, 15) is 8.78 Å². The van der Waals surface area contributed by atoms with Crippen molar-refractivity contribution in [1.29, 1.82) is 0 Å². The first kappa shape index (κ1) is 14.7. The lowest BCUT2D eigenvalue weighted by Gasteiger charge is -2.30. The summed E-state index contributed by atoms with van der Waals surface area (Å²) in [5, 5.41) is 3.18. The Kier molecular flexibility index (Phi) is 5.59. The van der Waals surface area contributed by atoms with Gasteiger partial charge in [-0.3, -0.25) is 0 Å². The third kappa shape index (κ3) is 3.90. The van der Waals surface area contributed by atoms with Gasteiger partial charge in [-0.1, -0.05) is 18.9 Å². The molecule has 0 radical (unpaired) electrons. The molecule has 0 aromatic heterocycles. The Morgan fingerprint density at radius 3 is 2.37 bits per heavy atom. The fourth-order valence-corrected chi connectivity index (χ4v) is 3.25. The van der Waals surface area contributed by atoms with E-state index in [4.69, 9.17) is 11.6 Å². The fraction of sp³-hybridized carbons (Fsp3) is 0.600. The van der Waals surface area contributed by atoms with E-state index in [1.54, 1.807) is 0 Å². The maximum Gasteiger partial charge on any atom is 0.130 e. The van der Waals surface area contributed by atoms with E-state index in [0.29, 0.717) is 17.7 Å². The predicted octanol–water partition coefficient (Wildman–Crippen LogP) is 4.10. The Morgan fingerprint density at radius 1 is 1.11 bits per heavy atom. The molecule has 19 heavy (non-hydrogen) atoms. The van der Waals surface area contributed by atoms with E-state index < -0.39 is 11.6 Å². The molecule has 106 valence electrons. The monoisotopic (exact) mass is 287 g/mol. The molecule has 0 heterocycles. The van der Waals surface area contributed by atoms with Crippen LogP contribution in [0.5, 0.6) is 0 Å². The van der Waals surface area contributed by atoms with Gasteiger partial charge in [0.05, 0.1) is 0 Å². The SMILES string of the molecule is Fc1cccc(F)c1CNCC1CCCCC1CCl. The normalized spacial score (nSPS) is 23.5. The molecule has 0 amide bonds. The second-order valence-electron chi connectivity index (χ2n) is 5.29. The molecule has 1 aromatic carbocycles. The van der Waals surface area contributed by atoms with Gasteiger partial charge in [0.25, 0.3) is 0 Å². The van der Waals surface area contributed by atoms with Gasteiger partial charge in [-0.05, 0) is 43.4 Å². The highest BCUT2D eigenvalue weighted by Crippen LogP contribution is 2.30. The van der Waals surface area contributed by atoms with Gasteiger partial charge in [0.1, 0.15) is 11.6 Å². The number of rotatable bonds is 5. The van der Waals surface area contributed by atoms with Crippen LogP contribution < -0.4 is 5.32 Å². The van der Waals surface area contributed by atoms with Crippen molar-refractivity contribution in [3.8, 4) is 0 Å². The van der Waals surface area contributed by atoms with E-state index in [-0.39, 0.29) is 12.1 Å². The van der Waals surface area contributed by atoms with Gasteiger partial charge < -0.3 is 5.32 Å². The average molecular weight is 288 g/mol. The van der Waals surface area contributed by atoms with Gasteiger partial charge in [-0.25, -0.2) is 8.78 Å². The van der Waals surface area contributed by atoms with Gasteiger partial charge in [0.2, 0.25) is 0 Å². The Labute approximate surface area is 118 Å². The molecule has 1 N–H and O–H groups in total. The Balaban J connectivity index is 1.86. The van der Waals surface area contributed by atoms with Crippen LogP contribution in [0.1, 0.15) is 31.2 Å². The van der Waals surface area contributed by atoms with Crippen molar-refractivity contribution in [2.45, 2.75) is 32.2 Å². The highest BCUT2D eigenvalue weighted by molar-refractivity contribution is 6.18. The lowest BCUT2D eigenvalue weighted by atomic mass is 9.80. The minimum absolute atomic E-state index is 0.126. The predicted molar refractivity (Wildman–Crippen MR) is 74.2 cm³/mol. The van der Waals surface area contributed by atoms with E-state index >= 15 is 0 Å². The molecular formula is C15H20ClF2N. The minimum atomic E-state index is -0.481. The number of hydrogen-bond acceptors (Lipinski definition) is 1. The van der Waals surface area contributed by atoms with Crippen molar-refractivity contribution >= 4 is 11.6 Å². The van der Waals surface area contributed by atoms with Crippen LogP contribution in [0.3, 0.4) is 0 Å². The summed E-state index contributed by atoms with van der Waals surface area (Å²) in [6.45, 7) is 1.02. The van der Waals surface area contributed by atoms with Gasteiger partial charge in [-0.15, -0.1) is 11.6 Å². The van der Waals surface area contributed by atoms with Crippen LogP contribution in [0.4, 0.5) is 8.78 Å². The maximum atomic E-state index is 13.5. The molecule has 0 saturated heterocycles. The molecule has 0 aliphatic heterocycles. The van der Waals surface area contributed by atoms with Gasteiger partial charge in [-0.2, -0.15) is 0 Å². The quantitative estimate of drug-likeness (QED) is 0.804. The van der Waals surface area contributed by atoms with E-state index in [1.807, 2.05) is 0 Å². The third-order valence-corrected chi connectivity index (χ3v) is 4.43. The molecule has 1 nitrogen and oxygen atoms in total. The van der Waals surface area contributed by atoms with Gasteiger partial charge >= 0.3 is 0 Å². The number of alkyl halides is 1. The summed E-state index contributed by atoms with van der Waals surface area (Å²) in [6, 6.07) is 3.98. The smallest absolute Gasteiger partial charge is 0.130 e. The Bertz CT molecular complexity index is 391. The molecule has 0 spiro atoms. The molecule has 2 rings (SSSR count). The lowest BCUT2D eigenvalue weighted by molar-refractivity contribution is 0.250. The summed E-state index contributed by atoms with van der Waals surface area (Å²) >= 11 is 5.97. The zero-order chi connectivity index (χ0) is 13.7. The van der Waals surface area contributed by atoms with Crippen molar-refractivity contribution in [3.05, 3.63) is 35.4 Å². The fourth-order valence-electron chi connectivity index (χ4n) is 2.84. The average Bonchev–Trinajstić information content (AvgIpc) is 2.42. The Morgan fingerprint density at radius 2 is 1.74 bits per heavy atom. The topological polar surface area (TPSA) is 12.0 Å². The number of benzene rings is 1.